The molecule has 39 heavy (non-hydrogen) atoms. The predicted octanol–water partition coefficient (Wildman–Crippen LogP) is 4.54. The van der Waals surface area contributed by atoms with Crippen LogP contribution in [0.1, 0.15) is 35.1 Å². The Kier molecular flexibility index (Phi) is 9.11. The SMILES string of the molecule is CCCN(CC(=O)NC)C(=O)n1nc(/C=C/c2ccccn2)c2ccc(Sc3ccccc3C(=O)NC)cc21. The lowest BCUT2D eigenvalue weighted by atomic mass is 10.2. The molecule has 0 radical (unpaired) electrons. The molecule has 2 aromatic heterocycles. The molecule has 3 amide bonds. The Bertz CT molecular complexity index is 1520. The fraction of sp³-hybridized carbons (Fsp3) is 0.207. The first kappa shape index (κ1) is 27.6. The summed E-state index contributed by atoms with van der Waals surface area (Å²) < 4.78 is 1.35. The molecule has 0 fully saturated rings. The zero-order chi connectivity index (χ0) is 27.8. The first-order chi connectivity index (χ1) is 18.9. The average Bonchev–Trinajstić information content (AvgIpc) is 3.33. The number of amides is 3. The van der Waals surface area contributed by atoms with Gasteiger partial charge in [-0.3, -0.25) is 14.6 Å². The zero-order valence-corrected chi connectivity index (χ0v) is 22.9. The second-order valence-electron chi connectivity index (χ2n) is 8.62. The van der Waals surface area contributed by atoms with Gasteiger partial charge in [0.25, 0.3) is 5.91 Å². The Hall–Kier alpha value is -4.44. The van der Waals surface area contributed by atoms with Crippen molar-refractivity contribution in [1.82, 2.24) is 30.3 Å². The van der Waals surface area contributed by atoms with E-state index in [9.17, 15) is 14.4 Å². The van der Waals surface area contributed by atoms with Gasteiger partial charge in [0, 0.05) is 42.0 Å². The van der Waals surface area contributed by atoms with Crippen LogP contribution in [0.4, 0.5) is 4.79 Å². The van der Waals surface area contributed by atoms with Gasteiger partial charge < -0.3 is 15.5 Å². The minimum atomic E-state index is -0.393. The maximum Gasteiger partial charge on any atom is 0.345 e. The number of likely N-dealkylation sites (N-methyl/N-ethyl adjacent to an activating group) is 1. The van der Waals surface area contributed by atoms with E-state index in [1.165, 1.54) is 21.3 Å². The molecule has 9 nitrogen and oxygen atoms in total. The van der Waals surface area contributed by atoms with E-state index in [0.29, 0.717) is 29.7 Å². The zero-order valence-electron chi connectivity index (χ0n) is 22.0. The standard InChI is InChI=1S/C29H30N6O3S/c1-4-17-34(19-27(36)30-2)29(38)35-25-18-21(39-26-11-6-5-10-23(26)28(37)31-3)13-14-22(25)24(33-35)15-12-20-9-7-8-16-32-20/h5-16,18H,4,17,19H2,1-3H3,(H,30,36)(H,31,37)/b15-12+. The largest absolute Gasteiger partial charge is 0.358 e. The van der Waals surface area contributed by atoms with Crippen molar-refractivity contribution in [2.45, 2.75) is 23.1 Å². The van der Waals surface area contributed by atoms with E-state index in [-0.39, 0.29) is 18.4 Å². The lowest BCUT2D eigenvalue weighted by molar-refractivity contribution is -0.121. The van der Waals surface area contributed by atoms with E-state index in [0.717, 1.165) is 20.9 Å². The highest BCUT2D eigenvalue weighted by molar-refractivity contribution is 7.99. The highest BCUT2D eigenvalue weighted by Gasteiger charge is 2.22. The molecule has 10 heteroatoms. The number of fused-ring (bicyclic) bond motifs is 1. The number of carbonyl (C=O) groups excluding carboxylic acids is 3. The molecule has 0 spiro atoms. The van der Waals surface area contributed by atoms with Crippen molar-refractivity contribution in [3.05, 3.63) is 83.8 Å². The summed E-state index contributed by atoms with van der Waals surface area (Å²) >= 11 is 1.43. The minimum absolute atomic E-state index is 0.0718. The Labute approximate surface area is 231 Å². The van der Waals surface area contributed by atoms with Gasteiger partial charge in [0.2, 0.25) is 5.91 Å². The molecule has 0 unspecified atom stereocenters. The third-order valence-corrected chi connectivity index (χ3v) is 6.99. The third-order valence-electron chi connectivity index (χ3n) is 5.93. The Balaban J connectivity index is 1.79. The summed E-state index contributed by atoms with van der Waals surface area (Å²) in [5.41, 5.74) is 2.52. The highest BCUT2D eigenvalue weighted by Crippen LogP contribution is 2.33. The van der Waals surface area contributed by atoms with Gasteiger partial charge in [-0.15, -0.1) is 0 Å². The number of hydrogen-bond acceptors (Lipinski definition) is 6. The van der Waals surface area contributed by atoms with Crippen molar-refractivity contribution in [1.29, 1.82) is 0 Å². The number of hydrogen-bond donors (Lipinski definition) is 2. The number of pyridine rings is 1. The first-order valence-electron chi connectivity index (χ1n) is 12.6. The third kappa shape index (κ3) is 6.53. The molecule has 0 aliphatic rings. The molecule has 2 heterocycles. The fourth-order valence-electron chi connectivity index (χ4n) is 3.99. The van der Waals surface area contributed by atoms with Crippen LogP contribution in [0.5, 0.6) is 0 Å². The summed E-state index contributed by atoms with van der Waals surface area (Å²) in [6, 6.07) is 18.3. The van der Waals surface area contributed by atoms with E-state index in [1.807, 2.05) is 73.7 Å². The van der Waals surface area contributed by atoms with Gasteiger partial charge in [0.1, 0.15) is 6.54 Å². The van der Waals surface area contributed by atoms with Crippen molar-refractivity contribution in [2.24, 2.45) is 0 Å². The van der Waals surface area contributed by atoms with E-state index < -0.39 is 6.03 Å². The molecule has 0 bridgehead atoms. The molecule has 200 valence electrons. The quantitative estimate of drug-likeness (QED) is 0.322. The number of carbonyl (C=O) groups is 3. The molecule has 2 N–H and O–H groups in total. The van der Waals surface area contributed by atoms with E-state index in [1.54, 1.807) is 26.4 Å². The second-order valence-corrected chi connectivity index (χ2v) is 9.73. The van der Waals surface area contributed by atoms with Gasteiger partial charge in [-0.2, -0.15) is 9.78 Å². The molecular weight excluding hydrogens is 512 g/mol. The van der Waals surface area contributed by atoms with Crippen LogP contribution in [0, 0.1) is 0 Å². The molecule has 0 aliphatic carbocycles. The van der Waals surface area contributed by atoms with Crippen molar-refractivity contribution in [3.8, 4) is 0 Å². The van der Waals surface area contributed by atoms with Crippen LogP contribution in [0.15, 0.2) is 76.7 Å². The number of rotatable bonds is 9. The van der Waals surface area contributed by atoms with Crippen molar-refractivity contribution < 1.29 is 14.4 Å². The first-order valence-corrected chi connectivity index (χ1v) is 13.4. The normalized spacial score (nSPS) is 11.1. The molecule has 0 atom stereocenters. The lowest BCUT2D eigenvalue weighted by Crippen LogP contribution is -2.42. The molecule has 0 aliphatic heterocycles. The summed E-state index contributed by atoms with van der Waals surface area (Å²) in [5.74, 6) is -0.434. The van der Waals surface area contributed by atoms with Crippen LogP contribution in [0.3, 0.4) is 0 Å². The van der Waals surface area contributed by atoms with Gasteiger partial charge in [0.15, 0.2) is 0 Å². The molecule has 4 rings (SSSR count). The van der Waals surface area contributed by atoms with Crippen LogP contribution >= 0.6 is 11.8 Å². The maximum atomic E-state index is 13.7. The van der Waals surface area contributed by atoms with Crippen molar-refractivity contribution >= 4 is 52.7 Å². The summed E-state index contributed by atoms with van der Waals surface area (Å²) in [6.07, 6.45) is 6.06. The Morgan fingerprint density at radius 3 is 2.51 bits per heavy atom. The number of aromatic nitrogens is 3. The van der Waals surface area contributed by atoms with Crippen LogP contribution in [-0.2, 0) is 4.79 Å². The van der Waals surface area contributed by atoms with Crippen molar-refractivity contribution in [2.75, 3.05) is 27.2 Å². The molecular formula is C29H30N6O3S. The van der Waals surface area contributed by atoms with Gasteiger partial charge in [-0.25, -0.2) is 4.79 Å². The summed E-state index contributed by atoms with van der Waals surface area (Å²) in [7, 11) is 3.14. The number of benzene rings is 2. The van der Waals surface area contributed by atoms with Crippen molar-refractivity contribution in [3.63, 3.8) is 0 Å². The maximum absolute atomic E-state index is 13.7. The fourth-order valence-corrected chi connectivity index (χ4v) is 4.97. The summed E-state index contributed by atoms with van der Waals surface area (Å²) in [6.45, 7) is 2.28. The predicted molar refractivity (Wildman–Crippen MR) is 154 cm³/mol. The number of nitrogens with one attached hydrogen (secondary N) is 2. The summed E-state index contributed by atoms with van der Waals surface area (Å²) in [4.78, 5) is 45.6. The van der Waals surface area contributed by atoms with E-state index in [2.05, 4.69) is 20.7 Å². The highest BCUT2D eigenvalue weighted by atomic mass is 32.2. The van der Waals surface area contributed by atoms with Gasteiger partial charge >= 0.3 is 6.03 Å². The lowest BCUT2D eigenvalue weighted by Gasteiger charge is -2.21. The average molecular weight is 543 g/mol. The van der Waals surface area contributed by atoms with Crippen LogP contribution in [-0.4, -0.2) is 64.7 Å². The Morgan fingerprint density at radius 2 is 1.79 bits per heavy atom. The van der Waals surface area contributed by atoms with Crippen LogP contribution in [0.2, 0.25) is 0 Å². The summed E-state index contributed by atoms with van der Waals surface area (Å²) in [5, 5.41) is 10.7. The molecule has 4 aromatic rings. The molecule has 2 aromatic carbocycles. The van der Waals surface area contributed by atoms with E-state index >= 15 is 0 Å². The monoisotopic (exact) mass is 542 g/mol. The molecule has 0 saturated heterocycles. The van der Waals surface area contributed by atoms with Gasteiger partial charge in [0.05, 0.1) is 22.5 Å². The minimum Gasteiger partial charge on any atom is -0.358 e. The topological polar surface area (TPSA) is 109 Å². The Morgan fingerprint density at radius 1 is 1.00 bits per heavy atom. The smallest absolute Gasteiger partial charge is 0.345 e. The van der Waals surface area contributed by atoms with Crippen LogP contribution < -0.4 is 10.6 Å². The van der Waals surface area contributed by atoms with E-state index in [4.69, 9.17) is 0 Å². The second kappa shape index (κ2) is 12.9. The number of nitrogens with zero attached hydrogens (tertiary/aromatic N) is 4. The van der Waals surface area contributed by atoms with Crippen LogP contribution in [0.25, 0.3) is 23.1 Å². The molecule has 0 saturated carbocycles. The van der Waals surface area contributed by atoms with Gasteiger partial charge in [-0.05, 0) is 61.0 Å². The van der Waals surface area contributed by atoms with Gasteiger partial charge in [-0.1, -0.05) is 36.9 Å².